The van der Waals surface area contributed by atoms with Crippen molar-refractivity contribution in [3.8, 4) is 28.1 Å². The van der Waals surface area contributed by atoms with Crippen LogP contribution in [-0.4, -0.2) is 47.1 Å². The molecular weight excluding hydrogens is 412 g/mol. The van der Waals surface area contributed by atoms with Crippen LogP contribution >= 0.6 is 11.6 Å². The maximum absolute atomic E-state index is 11.7. The molecule has 1 saturated heterocycles. The van der Waals surface area contributed by atoms with Crippen LogP contribution in [0.15, 0.2) is 54.6 Å². The van der Waals surface area contributed by atoms with Crippen LogP contribution in [0.25, 0.3) is 22.4 Å². The molecule has 31 heavy (non-hydrogen) atoms. The van der Waals surface area contributed by atoms with E-state index in [4.69, 9.17) is 22.3 Å². The fourth-order valence-electron chi connectivity index (χ4n) is 3.86. The van der Waals surface area contributed by atoms with Crippen LogP contribution in [-0.2, 0) is 0 Å². The molecule has 7 heteroatoms. The number of phenols is 1. The Morgan fingerprint density at radius 1 is 1.10 bits per heavy atom. The molecular formula is C24H25ClN4O2. The van der Waals surface area contributed by atoms with Gasteiger partial charge in [0.25, 0.3) is 5.91 Å². The van der Waals surface area contributed by atoms with Crippen molar-refractivity contribution in [2.75, 3.05) is 31.5 Å². The van der Waals surface area contributed by atoms with Crippen LogP contribution in [0.3, 0.4) is 0 Å². The van der Waals surface area contributed by atoms with Crippen molar-refractivity contribution in [1.82, 2.24) is 9.88 Å². The van der Waals surface area contributed by atoms with Gasteiger partial charge < -0.3 is 21.1 Å². The van der Waals surface area contributed by atoms with E-state index in [0.29, 0.717) is 16.3 Å². The number of pyridine rings is 1. The lowest BCUT2D eigenvalue weighted by Crippen LogP contribution is -2.26. The highest BCUT2D eigenvalue weighted by Gasteiger charge is 2.14. The highest BCUT2D eigenvalue weighted by atomic mass is 35.5. The van der Waals surface area contributed by atoms with Gasteiger partial charge in [-0.05, 0) is 67.9 Å². The number of nitrogens with zero attached hydrogens (tertiary/aromatic N) is 2. The molecule has 4 N–H and O–H groups in total. The number of amides is 1. The van der Waals surface area contributed by atoms with Gasteiger partial charge in [0, 0.05) is 29.2 Å². The summed E-state index contributed by atoms with van der Waals surface area (Å²) in [6.45, 7) is 4.02. The summed E-state index contributed by atoms with van der Waals surface area (Å²) in [4.78, 5) is 18.9. The normalized spacial score (nSPS) is 14.0. The molecule has 1 amide bonds. The Labute approximate surface area is 186 Å². The highest BCUT2D eigenvalue weighted by molar-refractivity contribution is 6.33. The summed E-state index contributed by atoms with van der Waals surface area (Å²) in [5.41, 5.74) is 8.61. The van der Waals surface area contributed by atoms with E-state index in [-0.39, 0.29) is 11.3 Å². The number of benzene rings is 2. The van der Waals surface area contributed by atoms with E-state index >= 15 is 0 Å². The molecule has 0 bridgehead atoms. The minimum Gasteiger partial charge on any atom is -0.507 e. The lowest BCUT2D eigenvalue weighted by molar-refractivity contribution is 0.0998. The smallest absolute Gasteiger partial charge is 0.252 e. The Morgan fingerprint density at radius 3 is 2.61 bits per heavy atom. The number of nitrogens with two attached hydrogens (primary N) is 1. The zero-order chi connectivity index (χ0) is 21.8. The summed E-state index contributed by atoms with van der Waals surface area (Å²) >= 11 is 6.45. The van der Waals surface area contributed by atoms with Gasteiger partial charge in [-0.1, -0.05) is 29.8 Å². The zero-order valence-corrected chi connectivity index (χ0v) is 17.9. The van der Waals surface area contributed by atoms with E-state index in [1.807, 2.05) is 36.4 Å². The molecule has 0 aliphatic carbocycles. The Balaban J connectivity index is 1.70. The molecule has 1 aromatic heterocycles. The number of likely N-dealkylation sites (tertiary alicyclic amines) is 1. The topological polar surface area (TPSA) is 91.5 Å². The summed E-state index contributed by atoms with van der Waals surface area (Å²) in [7, 11) is 0. The second-order valence-corrected chi connectivity index (χ2v) is 8.09. The Kier molecular flexibility index (Phi) is 6.39. The molecule has 1 aliphatic rings. The number of primary amides is 1. The molecule has 160 valence electrons. The number of aromatic nitrogens is 1. The average molecular weight is 437 g/mol. The predicted molar refractivity (Wildman–Crippen MR) is 124 cm³/mol. The molecule has 6 nitrogen and oxygen atoms in total. The third-order valence-electron chi connectivity index (χ3n) is 5.50. The van der Waals surface area contributed by atoms with Gasteiger partial charge in [0.15, 0.2) is 0 Å². The van der Waals surface area contributed by atoms with Crippen molar-refractivity contribution < 1.29 is 9.90 Å². The summed E-state index contributed by atoms with van der Waals surface area (Å²) in [6.07, 6.45) is 2.51. The molecule has 0 radical (unpaired) electrons. The number of anilines is 1. The predicted octanol–water partition coefficient (Wildman–Crippen LogP) is 4.38. The maximum atomic E-state index is 11.7. The Morgan fingerprint density at radius 2 is 1.87 bits per heavy atom. The monoisotopic (exact) mass is 436 g/mol. The maximum Gasteiger partial charge on any atom is 0.252 e. The summed E-state index contributed by atoms with van der Waals surface area (Å²) < 4.78 is 0. The third kappa shape index (κ3) is 4.98. The molecule has 0 atom stereocenters. The summed E-state index contributed by atoms with van der Waals surface area (Å²) in [6, 6.07) is 16.3. The molecule has 0 unspecified atom stereocenters. The average Bonchev–Trinajstić information content (AvgIpc) is 3.27. The molecule has 0 spiro atoms. The SMILES string of the molecule is NC(=O)c1cc(-c2cc(-c3ccccc3Cl)cc(NCCN3CCCC3)n2)ccc1O. The van der Waals surface area contributed by atoms with Crippen LogP contribution < -0.4 is 11.1 Å². The standard InChI is InChI=1S/C24H25ClN4O2/c25-20-6-2-1-5-18(20)17-14-21(16-7-8-22(30)19(13-16)24(26)31)28-23(15-17)27-9-12-29-10-3-4-11-29/h1-2,5-8,13-15,30H,3-4,9-12H2,(H2,26,31)(H,27,28). The fourth-order valence-corrected chi connectivity index (χ4v) is 4.11. The first-order valence-electron chi connectivity index (χ1n) is 10.4. The van der Waals surface area contributed by atoms with E-state index in [0.717, 1.165) is 43.1 Å². The van der Waals surface area contributed by atoms with Crippen molar-refractivity contribution in [2.45, 2.75) is 12.8 Å². The Bertz CT molecular complexity index is 1100. The van der Waals surface area contributed by atoms with Crippen LogP contribution in [0, 0.1) is 0 Å². The lowest BCUT2D eigenvalue weighted by atomic mass is 10.0. The van der Waals surface area contributed by atoms with Gasteiger partial charge in [0.1, 0.15) is 11.6 Å². The van der Waals surface area contributed by atoms with Gasteiger partial charge in [0.05, 0.1) is 11.3 Å². The summed E-state index contributed by atoms with van der Waals surface area (Å²) in [5, 5.41) is 14.0. The van der Waals surface area contributed by atoms with Gasteiger partial charge in [-0.15, -0.1) is 0 Å². The van der Waals surface area contributed by atoms with Crippen LogP contribution in [0.4, 0.5) is 5.82 Å². The highest BCUT2D eigenvalue weighted by Crippen LogP contribution is 2.33. The summed E-state index contributed by atoms with van der Waals surface area (Å²) in [5.74, 6) is -0.117. The molecule has 1 aliphatic heterocycles. The zero-order valence-electron chi connectivity index (χ0n) is 17.1. The van der Waals surface area contributed by atoms with Crippen molar-refractivity contribution in [1.29, 1.82) is 0 Å². The van der Waals surface area contributed by atoms with Crippen molar-refractivity contribution >= 4 is 23.3 Å². The molecule has 2 heterocycles. The number of carbonyl (C=O) groups excluding carboxylic acids is 1. The van der Waals surface area contributed by atoms with E-state index in [1.54, 1.807) is 12.1 Å². The van der Waals surface area contributed by atoms with Crippen molar-refractivity contribution in [2.24, 2.45) is 5.73 Å². The number of rotatable bonds is 7. The minimum atomic E-state index is -0.689. The quantitative estimate of drug-likeness (QED) is 0.511. The number of hydrogen-bond acceptors (Lipinski definition) is 5. The number of aromatic hydroxyl groups is 1. The molecule has 0 saturated carbocycles. The first kappa shape index (κ1) is 21.2. The minimum absolute atomic E-state index is 0.0611. The van der Waals surface area contributed by atoms with E-state index in [2.05, 4.69) is 10.2 Å². The van der Waals surface area contributed by atoms with Gasteiger partial charge in [0.2, 0.25) is 0 Å². The number of nitrogens with one attached hydrogen (secondary N) is 1. The number of carbonyl (C=O) groups is 1. The molecule has 4 rings (SSSR count). The van der Waals surface area contributed by atoms with Gasteiger partial charge in [-0.25, -0.2) is 4.98 Å². The first-order valence-corrected chi connectivity index (χ1v) is 10.8. The van der Waals surface area contributed by atoms with Gasteiger partial charge >= 0.3 is 0 Å². The molecule has 1 fully saturated rings. The van der Waals surface area contributed by atoms with Gasteiger partial charge in [-0.2, -0.15) is 0 Å². The first-order chi connectivity index (χ1) is 15.0. The van der Waals surface area contributed by atoms with Crippen molar-refractivity contribution in [3.05, 3.63) is 65.2 Å². The molecule has 3 aromatic rings. The van der Waals surface area contributed by atoms with Crippen LogP contribution in [0.1, 0.15) is 23.2 Å². The number of halogens is 1. The lowest BCUT2D eigenvalue weighted by Gasteiger charge is -2.16. The Hall–Kier alpha value is -3.09. The van der Waals surface area contributed by atoms with Crippen LogP contribution in [0.2, 0.25) is 5.02 Å². The van der Waals surface area contributed by atoms with E-state index in [1.165, 1.54) is 18.9 Å². The number of hydrogen-bond donors (Lipinski definition) is 3. The second-order valence-electron chi connectivity index (χ2n) is 7.68. The van der Waals surface area contributed by atoms with Crippen LogP contribution in [0.5, 0.6) is 5.75 Å². The third-order valence-corrected chi connectivity index (χ3v) is 5.83. The van der Waals surface area contributed by atoms with E-state index in [9.17, 15) is 9.90 Å². The van der Waals surface area contributed by atoms with Crippen molar-refractivity contribution in [3.63, 3.8) is 0 Å². The largest absolute Gasteiger partial charge is 0.507 e. The second kappa shape index (κ2) is 9.37. The van der Waals surface area contributed by atoms with Gasteiger partial charge in [-0.3, -0.25) is 4.79 Å². The molecule has 2 aromatic carbocycles. The fraction of sp³-hybridized carbons (Fsp3) is 0.250. The van der Waals surface area contributed by atoms with E-state index < -0.39 is 5.91 Å².